The van der Waals surface area contributed by atoms with Gasteiger partial charge in [0.2, 0.25) is 11.2 Å². The van der Waals surface area contributed by atoms with Crippen molar-refractivity contribution in [3.8, 4) is 0 Å². The van der Waals surface area contributed by atoms with Gasteiger partial charge in [0.05, 0.1) is 0 Å². The molecule has 4 aromatic carbocycles. The summed E-state index contributed by atoms with van der Waals surface area (Å²) in [6.07, 6.45) is 4.34. The van der Waals surface area contributed by atoms with Gasteiger partial charge in [-0.2, -0.15) is 4.57 Å². The number of para-hydroxylation sites is 3. The molecular weight excluding hydrogens is 388 g/mol. The van der Waals surface area contributed by atoms with Gasteiger partial charge in [-0.3, -0.25) is 0 Å². The van der Waals surface area contributed by atoms with Crippen LogP contribution in [0.1, 0.15) is 11.3 Å². The van der Waals surface area contributed by atoms with Crippen LogP contribution in [-0.4, -0.2) is 0 Å². The average molecular weight is 414 g/mol. The number of fused-ring (bicyclic) bond motifs is 1. The van der Waals surface area contributed by atoms with E-state index in [2.05, 4.69) is 138 Å². The Labute approximate surface area is 189 Å². The summed E-state index contributed by atoms with van der Waals surface area (Å²) >= 11 is 0. The van der Waals surface area contributed by atoms with E-state index < -0.39 is 0 Å². The normalized spacial score (nSPS) is 11.2. The van der Waals surface area contributed by atoms with Crippen LogP contribution in [-0.2, 0) is 7.05 Å². The molecule has 0 unspecified atom stereocenters. The first-order valence-corrected chi connectivity index (χ1v) is 10.9. The van der Waals surface area contributed by atoms with Crippen molar-refractivity contribution < 1.29 is 4.57 Å². The first kappa shape index (κ1) is 19.8. The number of hydrogen-bond acceptors (Lipinski definition) is 1. The molecule has 0 aliphatic carbocycles. The fourth-order valence-electron chi connectivity index (χ4n) is 4.04. The molecule has 154 valence electrons. The van der Waals surface area contributed by atoms with Crippen LogP contribution in [0.15, 0.2) is 121 Å². The second kappa shape index (κ2) is 8.91. The number of hydrogen-bond donors (Lipinski definition) is 0. The van der Waals surface area contributed by atoms with Crippen molar-refractivity contribution in [2.45, 2.75) is 0 Å². The van der Waals surface area contributed by atoms with Crippen LogP contribution in [0.4, 0.5) is 17.1 Å². The van der Waals surface area contributed by atoms with Gasteiger partial charge in [-0.05, 0) is 60.2 Å². The number of nitrogens with zero attached hydrogens (tertiary/aromatic N) is 2. The van der Waals surface area contributed by atoms with Crippen LogP contribution in [0, 0.1) is 0 Å². The minimum Gasteiger partial charge on any atom is -0.311 e. The fraction of sp³-hybridized carbons (Fsp3) is 0.0333. The van der Waals surface area contributed by atoms with Crippen LogP contribution >= 0.6 is 0 Å². The highest BCUT2D eigenvalue weighted by molar-refractivity contribution is 5.79. The van der Waals surface area contributed by atoms with Gasteiger partial charge >= 0.3 is 0 Å². The Morgan fingerprint density at radius 3 is 1.75 bits per heavy atom. The van der Waals surface area contributed by atoms with Crippen LogP contribution in [0.25, 0.3) is 23.1 Å². The highest BCUT2D eigenvalue weighted by Crippen LogP contribution is 2.34. The van der Waals surface area contributed by atoms with Gasteiger partial charge < -0.3 is 4.90 Å². The SMILES string of the molecule is C[n+]1c(C=Cc2ccc(N(c3ccccc3)c3ccccc3)cc2)ccc2ccccc21. The first-order chi connectivity index (χ1) is 15.8. The molecule has 0 aliphatic heterocycles. The van der Waals surface area contributed by atoms with Crippen LogP contribution in [0.5, 0.6) is 0 Å². The van der Waals surface area contributed by atoms with Gasteiger partial charge in [-0.1, -0.05) is 60.7 Å². The first-order valence-electron chi connectivity index (χ1n) is 10.9. The Hall–Kier alpha value is -4.17. The minimum absolute atomic E-state index is 1.14. The molecule has 2 nitrogen and oxygen atoms in total. The predicted octanol–water partition coefficient (Wildman–Crippen LogP) is 7.30. The Morgan fingerprint density at radius 1 is 0.531 bits per heavy atom. The molecule has 0 radical (unpaired) electrons. The summed E-state index contributed by atoms with van der Waals surface area (Å²) in [5, 5.41) is 1.25. The standard InChI is InChI=1S/C30H25N2/c1-31-26(23-19-25-10-8-9-15-30(25)31)20-16-24-17-21-29(22-18-24)32(27-11-4-2-5-12-27)28-13-6-3-7-14-28/h2-23H,1H3/q+1. The minimum atomic E-state index is 1.14. The zero-order valence-electron chi connectivity index (χ0n) is 18.1. The molecule has 0 fully saturated rings. The second-order valence-corrected chi connectivity index (χ2v) is 7.81. The molecule has 0 amide bonds. The van der Waals surface area contributed by atoms with E-state index in [1.165, 1.54) is 22.2 Å². The zero-order chi connectivity index (χ0) is 21.8. The maximum absolute atomic E-state index is 2.27. The predicted molar refractivity (Wildman–Crippen MR) is 135 cm³/mol. The van der Waals surface area contributed by atoms with E-state index in [0.717, 1.165) is 17.1 Å². The molecule has 2 heteroatoms. The number of benzene rings is 4. The molecule has 1 aromatic heterocycles. The van der Waals surface area contributed by atoms with Gasteiger partial charge in [0.15, 0.2) is 0 Å². The fourth-order valence-corrected chi connectivity index (χ4v) is 4.04. The van der Waals surface area contributed by atoms with E-state index in [4.69, 9.17) is 0 Å². The summed E-state index contributed by atoms with van der Waals surface area (Å²) in [5.74, 6) is 0. The molecule has 32 heavy (non-hydrogen) atoms. The largest absolute Gasteiger partial charge is 0.311 e. The van der Waals surface area contributed by atoms with Crippen molar-refractivity contribution in [1.29, 1.82) is 0 Å². The summed E-state index contributed by atoms with van der Waals surface area (Å²) in [5.41, 5.74) is 6.99. The van der Waals surface area contributed by atoms with Crippen molar-refractivity contribution in [3.63, 3.8) is 0 Å². The summed E-state index contributed by atoms with van der Waals surface area (Å²) < 4.78 is 2.23. The number of pyridine rings is 1. The zero-order valence-corrected chi connectivity index (χ0v) is 18.1. The summed E-state index contributed by atoms with van der Waals surface area (Å²) in [6.45, 7) is 0. The Bertz CT molecular complexity index is 1320. The number of rotatable bonds is 5. The lowest BCUT2D eigenvalue weighted by Crippen LogP contribution is -2.32. The Kier molecular flexibility index (Phi) is 5.50. The maximum atomic E-state index is 2.27. The Morgan fingerprint density at radius 2 is 1.09 bits per heavy atom. The lowest BCUT2D eigenvalue weighted by molar-refractivity contribution is -0.646. The monoisotopic (exact) mass is 413 g/mol. The third-order valence-electron chi connectivity index (χ3n) is 5.75. The molecule has 0 saturated carbocycles. The van der Waals surface area contributed by atoms with Crippen LogP contribution in [0.3, 0.4) is 0 Å². The third kappa shape index (κ3) is 4.03. The molecule has 5 aromatic rings. The van der Waals surface area contributed by atoms with Gasteiger partial charge in [0.1, 0.15) is 7.05 Å². The molecule has 0 aliphatic rings. The molecule has 0 N–H and O–H groups in total. The van der Waals surface area contributed by atoms with Crippen molar-refractivity contribution in [2.75, 3.05) is 4.90 Å². The average Bonchev–Trinajstić information content (AvgIpc) is 2.86. The van der Waals surface area contributed by atoms with E-state index >= 15 is 0 Å². The summed E-state index contributed by atoms with van der Waals surface area (Å²) in [4.78, 5) is 2.27. The molecule has 0 spiro atoms. The van der Waals surface area contributed by atoms with Crippen molar-refractivity contribution in [3.05, 3.63) is 133 Å². The second-order valence-electron chi connectivity index (χ2n) is 7.81. The molecule has 0 atom stereocenters. The van der Waals surface area contributed by atoms with E-state index in [1.807, 2.05) is 12.1 Å². The topological polar surface area (TPSA) is 7.12 Å². The number of aryl methyl sites for hydroxylation is 1. The molecular formula is C30H25N2+. The third-order valence-corrected chi connectivity index (χ3v) is 5.75. The summed E-state index contributed by atoms with van der Waals surface area (Å²) in [7, 11) is 2.11. The molecule has 0 saturated heterocycles. The van der Waals surface area contributed by atoms with E-state index in [-0.39, 0.29) is 0 Å². The van der Waals surface area contributed by atoms with Crippen LogP contribution in [0.2, 0.25) is 0 Å². The lowest BCUT2D eigenvalue weighted by atomic mass is 10.1. The molecule has 0 bridgehead atoms. The van der Waals surface area contributed by atoms with Crippen molar-refractivity contribution in [1.82, 2.24) is 0 Å². The maximum Gasteiger partial charge on any atom is 0.212 e. The van der Waals surface area contributed by atoms with Crippen LogP contribution < -0.4 is 9.47 Å². The van der Waals surface area contributed by atoms with Crippen molar-refractivity contribution >= 4 is 40.1 Å². The Balaban J connectivity index is 1.45. The molecule has 1 heterocycles. The van der Waals surface area contributed by atoms with E-state index in [1.54, 1.807) is 0 Å². The highest BCUT2D eigenvalue weighted by Gasteiger charge is 2.12. The van der Waals surface area contributed by atoms with E-state index in [0.29, 0.717) is 0 Å². The summed E-state index contributed by atoms with van der Waals surface area (Å²) in [6, 6.07) is 42.5. The number of aromatic nitrogens is 1. The van der Waals surface area contributed by atoms with Gasteiger partial charge in [-0.25, -0.2) is 0 Å². The van der Waals surface area contributed by atoms with Gasteiger partial charge in [-0.15, -0.1) is 0 Å². The number of anilines is 3. The molecule has 5 rings (SSSR count). The smallest absolute Gasteiger partial charge is 0.212 e. The van der Waals surface area contributed by atoms with Gasteiger partial charge in [0.25, 0.3) is 0 Å². The van der Waals surface area contributed by atoms with Crippen molar-refractivity contribution in [2.24, 2.45) is 7.05 Å². The van der Waals surface area contributed by atoms with Gasteiger partial charge in [0, 0.05) is 40.7 Å². The van der Waals surface area contributed by atoms with E-state index in [9.17, 15) is 0 Å². The highest BCUT2D eigenvalue weighted by atomic mass is 15.1. The lowest BCUT2D eigenvalue weighted by Gasteiger charge is -2.25. The quantitative estimate of drug-likeness (QED) is 0.274.